The van der Waals surface area contributed by atoms with Crippen LogP contribution in [0.5, 0.6) is 0 Å². The lowest BCUT2D eigenvalue weighted by Gasteiger charge is -2.17. The summed E-state index contributed by atoms with van der Waals surface area (Å²) in [5, 5.41) is 0.625. The molecule has 1 fully saturated rings. The SMILES string of the molecule is Cc1cccc(C)c1-n1c(=O)n(C[C@@H]2CCCO2)c(=O)c2c1ncn2Cc1cccc(Cl)c1. The third-order valence-corrected chi connectivity index (χ3v) is 6.45. The zero-order chi connectivity index (χ0) is 23.1. The van der Waals surface area contributed by atoms with E-state index in [0.29, 0.717) is 29.3 Å². The molecular weight excluding hydrogens is 440 g/mol. The summed E-state index contributed by atoms with van der Waals surface area (Å²) in [6.07, 6.45) is 3.23. The molecule has 8 heteroatoms. The highest BCUT2D eigenvalue weighted by molar-refractivity contribution is 6.30. The molecule has 0 bridgehead atoms. The van der Waals surface area contributed by atoms with Gasteiger partial charge in [0, 0.05) is 18.2 Å². The monoisotopic (exact) mass is 464 g/mol. The molecule has 0 saturated carbocycles. The van der Waals surface area contributed by atoms with Gasteiger partial charge in [0.2, 0.25) is 0 Å². The summed E-state index contributed by atoms with van der Waals surface area (Å²) >= 11 is 6.17. The largest absolute Gasteiger partial charge is 0.376 e. The molecule has 7 nitrogen and oxygen atoms in total. The van der Waals surface area contributed by atoms with Gasteiger partial charge in [0.15, 0.2) is 11.2 Å². The van der Waals surface area contributed by atoms with Crippen molar-refractivity contribution in [2.75, 3.05) is 6.61 Å². The lowest BCUT2D eigenvalue weighted by molar-refractivity contribution is 0.0950. The molecule has 0 amide bonds. The molecule has 5 rings (SSSR count). The van der Waals surface area contributed by atoms with Crippen molar-refractivity contribution in [1.82, 2.24) is 18.7 Å². The van der Waals surface area contributed by atoms with Gasteiger partial charge in [-0.1, -0.05) is 41.9 Å². The maximum atomic E-state index is 13.7. The lowest BCUT2D eigenvalue weighted by Crippen LogP contribution is -2.42. The van der Waals surface area contributed by atoms with Crippen LogP contribution in [0.3, 0.4) is 0 Å². The summed E-state index contributed by atoms with van der Waals surface area (Å²) in [7, 11) is 0. The quantitative estimate of drug-likeness (QED) is 0.450. The smallest absolute Gasteiger partial charge is 0.337 e. The summed E-state index contributed by atoms with van der Waals surface area (Å²) < 4.78 is 10.4. The van der Waals surface area contributed by atoms with Crippen LogP contribution in [-0.2, 0) is 17.8 Å². The van der Waals surface area contributed by atoms with Crippen LogP contribution in [-0.4, -0.2) is 31.4 Å². The van der Waals surface area contributed by atoms with Gasteiger partial charge in [0.05, 0.1) is 24.7 Å². The second-order valence-electron chi connectivity index (χ2n) is 8.58. The van der Waals surface area contributed by atoms with E-state index in [1.165, 1.54) is 4.57 Å². The molecule has 4 aromatic rings. The van der Waals surface area contributed by atoms with E-state index >= 15 is 0 Å². The maximum absolute atomic E-state index is 13.7. The van der Waals surface area contributed by atoms with E-state index < -0.39 is 5.69 Å². The van der Waals surface area contributed by atoms with E-state index in [-0.39, 0.29) is 18.2 Å². The van der Waals surface area contributed by atoms with Crippen LogP contribution in [0.1, 0.15) is 29.5 Å². The van der Waals surface area contributed by atoms with Crippen LogP contribution in [0.2, 0.25) is 5.02 Å². The first kappa shape index (κ1) is 21.7. The standard InChI is InChI=1S/C25H25ClN4O3/c1-16-6-3-7-17(2)21(16)30-23-22(24(31)29(25(30)32)14-20-10-5-11-33-20)28(15-27-23)13-18-8-4-9-19(26)12-18/h3-4,6-9,12,15,20H,5,10-11,13-14H2,1-2H3/t20-/m0/s1. The Morgan fingerprint density at radius 1 is 1.12 bits per heavy atom. The second-order valence-corrected chi connectivity index (χ2v) is 9.02. The fourth-order valence-corrected chi connectivity index (χ4v) is 4.86. The third kappa shape index (κ3) is 3.92. The van der Waals surface area contributed by atoms with Crippen molar-refractivity contribution in [1.29, 1.82) is 0 Å². The minimum Gasteiger partial charge on any atom is -0.376 e. The average Bonchev–Trinajstić information content (AvgIpc) is 3.43. The number of aromatic nitrogens is 4. The predicted octanol–water partition coefficient (Wildman–Crippen LogP) is 3.85. The van der Waals surface area contributed by atoms with E-state index in [0.717, 1.165) is 35.2 Å². The van der Waals surface area contributed by atoms with Gasteiger partial charge in [-0.15, -0.1) is 0 Å². The summed E-state index contributed by atoms with van der Waals surface area (Å²) in [5.41, 5.74) is 3.55. The van der Waals surface area contributed by atoms with Crippen LogP contribution < -0.4 is 11.2 Å². The van der Waals surface area contributed by atoms with Crippen LogP contribution in [0.15, 0.2) is 58.4 Å². The van der Waals surface area contributed by atoms with Gasteiger partial charge in [-0.25, -0.2) is 14.3 Å². The molecule has 0 radical (unpaired) electrons. The molecule has 3 heterocycles. The molecule has 0 spiro atoms. The van der Waals surface area contributed by atoms with Gasteiger partial charge >= 0.3 is 5.69 Å². The fraction of sp³-hybridized carbons (Fsp3) is 0.320. The van der Waals surface area contributed by atoms with Gasteiger partial charge in [-0.2, -0.15) is 0 Å². The number of aryl methyl sites for hydroxylation is 2. The molecular formula is C25H25ClN4O3. The van der Waals surface area contributed by atoms with Crippen LogP contribution in [0.25, 0.3) is 16.9 Å². The van der Waals surface area contributed by atoms with Crippen molar-refractivity contribution in [3.8, 4) is 5.69 Å². The van der Waals surface area contributed by atoms with Crippen molar-refractivity contribution in [2.24, 2.45) is 0 Å². The first-order valence-electron chi connectivity index (χ1n) is 11.1. The molecule has 1 atom stereocenters. The van der Waals surface area contributed by atoms with Crippen LogP contribution >= 0.6 is 11.6 Å². The van der Waals surface area contributed by atoms with Gasteiger partial charge in [-0.05, 0) is 55.5 Å². The van der Waals surface area contributed by atoms with E-state index in [4.69, 9.17) is 16.3 Å². The zero-order valence-electron chi connectivity index (χ0n) is 18.6. The number of hydrogen-bond donors (Lipinski definition) is 0. The number of imidazole rings is 1. The topological polar surface area (TPSA) is 71.1 Å². The summed E-state index contributed by atoms with van der Waals surface area (Å²) in [5.74, 6) is 0. The van der Waals surface area contributed by atoms with Crippen molar-refractivity contribution in [3.63, 3.8) is 0 Å². The van der Waals surface area contributed by atoms with E-state index in [1.54, 1.807) is 15.5 Å². The normalized spacial score (nSPS) is 16.0. The molecule has 1 aliphatic rings. The molecule has 1 saturated heterocycles. The van der Waals surface area contributed by atoms with E-state index in [2.05, 4.69) is 4.98 Å². The van der Waals surface area contributed by atoms with E-state index in [1.807, 2.05) is 56.3 Å². The minimum absolute atomic E-state index is 0.149. The molecule has 2 aromatic carbocycles. The van der Waals surface area contributed by atoms with Gasteiger partial charge < -0.3 is 9.30 Å². The number of rotatable bonds is 5. The van der Waals surface area contributed by atoms with Gasteiger partial charge in [-0.3, -0.25) is 9.36 Å². The Labute approximate surface area is 195 Å². The Balaban J connectivity index is 1.77. The number of fused-ring (bicyclic) bond motifs is 1. The number of nitrogens with zero attached hydrogens (tertiary/aromatic N) is 4. The predicted molar refractivity (Wildman–Crippen MR) is 129 cm³/mol. The Morgan fingerprint density at radius 2 is 1.88 bits per heavy atom. The van der Waals surface area contributed by atoms with Crippen LogP contribution in [0.4, 0.5) is 0 Å². The van der Waals surface area contributed by atoms with E-state index in [9.17, 15) is 9.59 Å². The molecule has 1 aliphatic heterocycles. The molecule has 170 valence electrons. The second kappa shape index (κ2) is 8.65. The van der Waals surface area contributed by atoms with Crippen molar-refractivity contribution in [3.05, 3.63) is 91.3 Å². The number of ether oxygens (including phenoxy) is 1. The highest BCUT2D eigenvalue weighted by atomic mass is 35.5. The average molecular weight is 465 g/mol. The van der Waals surface area contributed by atoms with Crippen LogP contribution in [0, 0.1) is 13.8 Å². The Kier molecular flexibility index (Phi) is 5.68. The van der Waals surface area contributed by atoms with Gasteiger partial charge in [0.25, 0.3) is 5.56 Å². The van der Waals surface area contributed by atoms with Crippen molar-refractivity contribution >= 4 is 22.8 Å². The highest BCUT2D eigenvalue weighted by Gasteiger charge is 2.24. The molecule has 2 aromatic heterocycles. The van der Waals surface area contributed by atoms with Crippen molar-refractivity contribution in [2.45, 2.75) is 45.9 Å². The first-order chi connectivity index (χ1) is 15.9. The molecule has 33 heavy (non-hydrogen) atoms. The summed E-state index contributed by atoms with van der Waals surface area (Å²) in [6.45, 7) is 5.20. The number of benzene rings is 2. The Hall–Kier alpha value is -3.16. The number of para-hydroxylation sites is 1. The third-order valence-electron chi connectivity index (χ3n) is 6.22. The lowest BCUT2D eigenvalue weighted by atomic mass is 10.1. The fourth-order valence-electron chi connectivity index (χ4n) is 4.64. The Morgan fingerprint density at radius 3 is 2.58 bits per heavy atom. The summed E-state index contributed by atoms with van der Waals surface area (Å²) in [4.78, 5) is 31.9. The number of halogens is 1. The molecule has 0 N–H and O–H groups in total. The van der Waals surface area contributed by atoms with Gasteiger partial charge in [0.1, 0.15) is 0 Å². The van der Waals surface area contributed by atoms with Crippen molar-refractivity contribution < 1.29 is 4.74 Å². The summed E-state index contributed by atoms with van der Waals surface area (Å²) in [6, 6.07) is 13.4. The zero-order valence-corrected chi connectivity index (χ0v) is 19.4. The number of hydrogen-bond acceptors (Lipinski definition) is 4. The molecule has 0 aliphatic carbocycles. The maximum Gasteiger partial charge on any atom is 0.337 e. The Bertz CT molecular complexity index is 1440. The first-order valence-corrected chi connectivity index (χ1v) is 11.4. The molecule has 0 unspecified atom stereocenters. The highest BCUT2D eigenvalue weighted by Crippen LogP contribution is 2.22. The minimum atomic E-state index is -0.395.